The number of rotatable bonds is 7. The van der Waals surface area contributed by atoms with Crippen LogP contribution in [0.4, 0.5) is 0 Å². The molecular formula is C12H20N2O2S2. The lowest BCUT2D eigenvalue weighted by molar-refractivity contribution is 0.446. The molecule has 1 aliphatic rings. The summed E-state index contributed by atoms with van der Waals surface area (Å²) in [6.07, 6.45) is 2.49. The first-order valence-corrected chi connectivity index (χ1v) is 8.70. The molecule has 1 fully saturated rings. The molecule has 18 heavy (non-hydrogen) atoms. The first-order valence-electron chi connectivity index (χ1n) is 6.38. The van der Waals surface area contributed by atoms with Gasteiger partial charge in [-0.25, -0.2) is 8.42 Å². The van der Waals surface area contributed by atoms with Gasteiger partial charge in [0.05, 0.1) is 0 Å². The van der Waals surface area contributed by atoms with Crippen LogP contribution in [-0.4, -0.2) is 31.9 Å². The summed E-state index contributed by atoms with van der Waals surface area (Å²) in [6, 6.07) is 2.45. The molecule has 0 unspecified atom stereocenters. The van der Waals surface area contributed by atoms with Crippen LogP contribution in [0.25, 0.3) is 0 Å². The lowest BCUT2D eigenvalue weighted by atomic mass is 10.3. The molecule has 1 aliphatic carbocycles. The van der Waals surface area contributed by atoms with Crippen LogP contribution in [0.15, 0.2) is 15.7 Å². The average molecular weight is 288 g/mol. The van der Waals surface area contributed by atoms with E-state index in [1.54, 1.807) is 6.07 Å². The van der Waals surface area contributed by atoms with E-state index in [1.165, 1.54) is 28.5 Å². The molecule has 0 aromatic carbocycles. The summed E-state index contributed by atoms with van der Waals surface area (Å²) >= 11 is 1.32. The van der Waals surface area contributed by atoms with Crippen molar-refractivity contribution >= 4 is 21.4 Å². The molecule has 0 saturated heterocycles. The summed E-state index contributed by atoms with van der Waals surface area (Å²) in [6.45, 7) is 5.54. The van der Waals surface area contributed by atoms with Gasteiger partial charge in [-0.15, -0.1) is 11.3 Å². The van der Waals surface area contributed by atoms with E-state index in [0.717, 1.165) is 12.1 Å². The highest BCUT2D eigenvalue weighted by Gasteiger charge is 2.24. The molecule has 0 aliphatic heterocycles. The zero-order chi connectivity index (χ0) is 13.2. The standard InChI is InChI=1S/C12H20N2O2S2/c1-3-14(4-2)18(15,16)12-7-10(9-17-12)8-13-11-5-6-11/h7,9,11,13H,3-6,8H2,1-2H3. The van der Waals surface area contributed by atoms with Crippen LogP contribution in [0.3, 0.4) is 0 Å². The number of nitrogens with one attached hydrogen (secondary N) is 1. The molecule has 0 spiro atoms. The first kappa shape index (κ1) is 14.0. The summed E-state index contributed by atoms with van der Waals surface area (Å²) in [5.74, 6) is 0. The number of sulfonamides is 1. The Hall–Kier alpha value is -0.430. The molecule has 6 heteroatoms. The van der Waals surface area contributed by atoms with Crippen LogP contribution >= 0.6 is 11.3 Å². The van der Waals surface area contributed by atoms with E-state index in [9.17, 15) is 8.42 Å². The van der Waals surface area contributed by atoms with Gasteiger partial charge in [-0.1, -0.05) is 13.8 Å². The van der Waals surface area contributed by atoms with E-state index >= 15 is 0 Å². The second-order valence-electron chi connectivity index (χ2n) is 4.52. The van der Waals surface area contributed by atoms with E-state index in [0.29, 0.717) is 23.3 Å². The Kier molecular flexibility index (Phi) is 4.42. The van der Waals surface area contributed by atoms with Crippen molar-refractivity contribution in [2.45, 2.75) is 43.5 Å². The Bertz CT molecular complexity index is 488. The second kappa shape index (κ2) is 5.69. The Morgan fingerprint density at radius 2 is 2.06 bits per heavy atom. The van der Waals surface area contributed by atoms with Gasteiger partial charge < -0.3 is 5.32 Å². The fourth-order valence-electron chi connectivity index (χ4n) is 1.82. The van der Waals surface area contributed by atoms with Crippen molar-refractivity contribution in [3.05, 3.63) is 17.0 Å². The maximum absolute atomic E-state index is 12.3. The molecule has 1 saturated carbocycles. The fourth-order valence-corrected chi connectivity index (χ4v) is 4.64. The van der Waals surface area contributed by atoms with Crippen LogP contribution in [-0.2, 0) is 16.6 Å². The zero-order valence-electron chi connectivity index (χ0n) is 10.8. The van der Waals surface area contributed by atoms with E-state index in [-0.39, 0.29) is 0 Å². The average Bonchev–Trinajstić information content (AvgIpc) is 3.04. The van der Waals surface area contributed by atoms with Gasteiger partial charge in [0.1, 0.15) is 4.21 Å². The third-order valence-corrected chi connectivity index (χ3v) is 6.62. The van der Waals surface area contributed by atoms with Crippen LogP contribution in [0.2, 0.25) is 0 Å². The van der Waals surface area contributed by atoms with Gasteiger partial charge in [0, 0.05) is 25.7 Å². The maximum atomic E-state index is 12.3. The topological polar surface area (TPSA) is 49.4 Å². The van der Waals surface area contributed by atoms with E-state index in [4.69, 9.17) is 0 Å². The lowest BCUT2D eigenvalue weighted by Crippen LogP contribution is -2.30. The van der Waals surface area contributed by atoms with Gasteiger partial charge in [0.25, 0.3) is 10.0 Å². The minimum Gasteiger partial charge on any atom is -0.310 e. The van der Waals surface area contributed by atoms with Crippen LogP contribution in [0, 0.1) is 0 Å². The summed E-state index contributed by atoms with van der Waals surface area (Å²) in [4.78, 5) is 0. The van der Waals surface area contributed by atoms with Crippen molar-refractivity contribution < 1.29 is 8.42 Å². The number of hydrogen-bond donors (Lipinski definition) is 1. The Labute approximate surface area is 113 Å². The molecule has 1 aromatic rings. The predicted molar refractivity (Wildman–Crippen MR) is 74.3 cm³/mol. The van der Waals surface area contributed by atoms with Crippen molar-refractivity contribution in [3.63, 3.8) is 0 Å². The molecule has 1 heterocycles. The Morgan fingerprint density at radius 3 is 2.61 bits per heavy atom. The molecule has 0 amide bonds. The van der Waals surface area contributed by atoms with Crippen molar-refractivity contribution in [1.82, 2.24) is 9.62 Å². The SMILES string of the molecule is CCN(CC)S(=O)(=O)c1cc(CNC2CC2)cs1. The van der Waals surface area contributed by atoms with Crippen molar-refractivity contribution in [2.75, 3.05) is 13.1 Å². The highest BCUT2D eigenvalue weighted by Crippen LogP contribution is 2.25. The Morgan fingerprint density at radius 1 is 1.39 bits per heavy atom. The third kappa shape index (κ3) is 3.12. The summed E-state index contributed by atoms with van der Waals surface area (Å²) < 4.78 is 26.5. The second-order valence-corrected chi connectivity index (χ2v) is 7.59. The molecule has 2 rings (SSSR count). The van der Waals surface area contributed by atoms with Crippen LogP contribution in [0.1, 0.15) is 32.3 Å². The van der Waals surface area contributed by atoms with Crippen molar-refractivity contribution in [1.29, 1.82) is 0 Å². The van der Waals surface area contributed by atoms with Gasteiger partial charge in [-0.3, -0.25) is 0 Å². The normalized spacial score (nSPS) is 16.4. The number of nitrogens with zero attached hydrogens (tertiary/aromatic N) is 1. The molecule has 4 nitrogen and oxygen atoms in total. The highest BCUT2D eigenvalue weighted by atomic mass is 32.2. The highest BCUT2D eigenvalue weighted by molar-refractivity contribution is 7.91. The maximum Gasteiger partial charge on any atom is 0.252 e. The van der Waals surface area contributed by atoms with E-state index < -0.39 is 10.0 Å². The molecule has 1 aromatic heterocycles. The minimum absolute atomic E-state index is 0.457. The van der Waals surface area contributed by atoms with Crippen LogP contribution in [0.5, 0.6) is 0 Å². The fraction of sp³-hybridized carbons (Fsp3) is 0.667. The summed E-state index contributed by atoms with van der Waals surface area (Å²) in [5, 5.41) is 5.33. The summed E-state index contributed by atoms with van der Waals surface area (Å²) in [5.41, 5.74) is 1.07. The van der Waals surface area contributed by atoms with Gasteiger partial charge in [0.15, 0.2) is 0 Å². The van der Waals surface area contributed by atoms with Crippen molar-refractivity contribution in [3.8, 4) is 0 Å². The van der Waals surface area contributed by atoms with Crippen molar-refractivity contribution in [2.24, 2.45) is 0 Å². The van der Waals surface area contributed by atoms with Gasteiger partial charge in [-0.2, -0.15) is 4.31 Å². The van der Waals surface area contributed by atoms with Gasteiger partial charge in [0.2, 0.25) is 0 Å². The number of thiophene rings is 1. The first-order chi connectivity index (χ1) is 8.57. The Balaban J connectivity index is 2.07. The largest absolute Gasteiger partial charge is 0.310 e. The van der Waals surface area contributed by atoms with E-state index in [1.807, 2.05) is 19.2 Å². The van der Waals surface area contributed by atoms with Crippen LogP contribution < -0.4 is 5.32 Å². The summed E-state index contributed by atoms with van der Waals surface area (Å²) in [7, 11) is -3.28. The predicted octanol–water partition coefficient (Wildman–Crippen LogP) is 2.03. The molecule has 1 N–H and O–H groups in total. The van der Waals surface area contributed by atoms with E-state index in [2.05, 4.69) is 5.32 Å². The van der Waals surface area contributed by atoms with Gasteiger partial charge in [-0.05, 0) is 29.9 Å². The molecule has 0 bridgehead atoms. The van der Waals surface area contributed by atoms with Gasteiger partial charge >= 0.3 is 0 Å². The smallest absolute Gasteiger partial charge is 0.252 e. The molecule has 102 valence electrons. The lowest BCUT2D eigenvalue weighted by Gasteiger charge is -2.16. The monoisotopic (exact) mass is 288 g/mol. The third-order valence-electron chi connectivity index (χ3n) is 3.10. The number of hydrogen-bond acceptors (Lipinski definition) is 4. The molecular weight excluding hydrogens is 268 g/mol. The quantitative estimate of drug-likeness (QED) is 0.835. The minimum atomic E-state index is -3.28. The molecule has 0 radical (unpaired) electrons. The molecule has 0 atom stereocenters. The zero-order valence-corrected chi connectivity index (χ0v) is 12.5.